The maximum absolute atomic E-state index is 4.17. The highest BCUT2D eigenvalue weighted by atomic mass is 15.1. The summed E-state index contributed by atoms with van der Waals surface area (Å²) in [4.78, 5) is 2.26. The third kappa shape index (κ3) is 3.41. The van der Waals surface area contributed by atoms with Crippen molar-refractivity contribution in [3.8, 4) is 0 Å². The van der Waals surface area contributed by atoms with Gasteiger partial charge in [-0.1, -0.05) is 34.3 Å². The fourth-order valence-electron chi connectivity index (χ4n) is 1.14. The van der Waals surface area contributed by atoms with Crippen LogP contribution < -0.4 is 0 Å². The first kappa shape index (κ1) is 12.5. The lowest BCUT2D eigenvalue weighted by Gasteiger charge is -2.36. The molecule has 0 rings (SSSR count). The SMILES string of the molecule is C=C(C(C)C(C)(C)C)N(C)C(C)C. The van der Waals surface area contributed by atoms with Gasteiger partial charge >= 0.3 is 0 Å². The van der Waals surface area contributed by atoms with E-state index in [4.69, 9.17) is 0 Å². The van der Waals surface area contributed by atoms with E-state index in [1.54, 1.807) is 0 Å². The molecule has 0 N–H and O–H groups in total. The minimum Gasteiger partial charge on any atom is -0.376 e. The van der Waals surface area contributed by atoms with Gasteiger partial charge in [-0.2, -0.15) is 0 Å². The number of allylic oxidation sites excluding steroid dienone is 1. The van der Waals surface area contributed by atoms with E-state index in [0.29, 0.717) is 17.4 Å². The average molecular weight is 183 g/mol. The van der Waals surface area contributed by atoms with Gasteiger partial charge in [-0.25, -0.2) is 0 Å². The lowest BCUT2D eigenvalue weighted by Crippen LogP contribution is -2.32. The van der Waals surface area contributed by atoms with E-state index in [1.807, 2.05) is 0 Å². The van der Waals surface area contributed by atoms with Crippen LogP contribution >= 0.6 is 0 Å². The smallest absolute Gasteiger partial charge is 0.0227 e. The van der Waals surface area contributed by atoms with E-state index < -0.39 is 0 Å². The Morgan fingerprint density at radius 3 is 1.77 bits per heavy atom. The quantitative estimate of drug-likeness (QED) is 0.647. The van der Waals surface area contributed by atoms with E-state index in [0.717, 1.165) is 0 Å². The van der Waals surface area contributed by atoms with Crippen LogP contribution in [-0.2, 0) is 0 Å². The maximum atomic E-state index is 4.17. The Morgan fingerprint density at radius 2 is 1.54 bits per heavy atom. The predicted molar refractivity (Wildman–Crippen MR) is 60.7 cm³/mol. The second kappa shape index (κ2) is 4.17. The molecule has 1 nitrogen and oxygen atoms in total. The summed E-state index contributed by atoms with van der Waals surface area (Å²) in [6.07, 6.45) is 0. The molecule has 0 aliphatic heterocycles. The molecule has 13 heavy (non-hydrogen) atoms. The third-order valence-electron chi connectivity index (χ3n) is 3.03. The fourth-order valence-corrected chi connectivity index (χ4v) is 1.14. The molecule has 0 saturated heterocycles. The van der Waals surface area contributed by atoms with Gasteiger partial charge < -0.3 is 4.90 Å². The monoisotopic (exact) mass is 183 g/mol. The Labute approximate surface area is 83.8 Å². The number of rotatable bonds is 3. The molecule has 0 aromatic carbocycles. The first-order valence-electron chi connectivity index (χ1n) is 5.09. The van der Waals surface area contributed by atoms with Crippen molar-refractivity contribution >= 4 is 0 Å². The molecule has 0 fully saturated rings. The van der Waals surface area contributed by atoms with Crippen molar-refractivity contribution in [2.24, 2.45) is 11.3 Å². The van der Waals surface area contributed by atoms with Crippen LogP contribution in [0, 0.1) is 11.3 Å². The summed E-state index contributed by atoms with van der Waals surface area (Å²) in [7, 11) is 2.12. The molecule has 0 aliphatic rings. The van der Waals surface area contributed by atoms with Gasteiger partial charge in [0.2, 0.25) is 0 Å². The van der Waals surface area contributed by atoms with E-state index in [2.05, 4.69) is 60.1 Å². The van der Waals surface area contributed by atoms with Crippen LogP contribution in [-0.4, -0.2) is 18.0 Å². The Hall–Kier alpha value is -0.460. The molecule has 1 atom stereocenters. The van der Waals surface area contributed by atoms with Crippen molar-refractivity contribution in [2.45, 2.75) is 47.6 Å². The van der Waals surface area contributed by atoms with Crippen LogP contribution in [0.25, 0.3) is 0 Å². The van der Waals surface area contributed by atoms with Crippen LogP contribution in [0.4, 0.5) is 0 Å². The zero-order chi connectivity index (χ0) is 10.8. The van der Waals surface area contributed by atoms with Crippen molar-refractivity contribution in [1.82, 2.24) is 4.90 Å². The lowest BCUT2D eigenvalue weighted by molar-refractivity contribution is 0.221. The summed E-state index contributed by atoms with van der Waals surface area (Å²) in [5, 5.41) is 0. The van der Waals surface area contributed by atoms with Crippen molar-refractivity contribution in [2.75, 3.05) is 7.05 Å². The minimum atomic E-state index is 0.306. The molecule has 0 aliphatic carbocycles. The fraction of sp³-hybridized carbons (Fsp3) is 0.833. The van der Waals surface area contributed by atoms with Gasteiger partial charge in [-0.15, -0.1) is 0 Å². The van der Waals surface area contributed by atoms with E-state index in [9.17, 15) is 0 Å². The molecule has 0 aromatic heterocycles. The van der Waals surface area contributed by atoms with Crippen LogP contribution in [0.3, 0.4) is 0 Å². The summed E-state index contributed by atoms with van der Waals surface area (Å²) in [6, 6.07) is 0.539. The summed E-state index contributed by atoms with van der Waals surface area (Å²) in [6.45, 7) is 17.6. The first-order valence-corrected chi connectivity index (χ1v) is 5.09. The Kier molecular flexibility index (Phi) is 4.02. The minimum absolute atomic E-state index is 0.306. The average Bonchev–Trinajstić information content (AvgIpc) is 1.98. The van der Waals surface area contributed by atoms with Gasteiger partial charge in [0.15, 0.2) is 0 Å². The second-order valence-electron chi connectivity index (χ2n) is 5.28. The van der Waals surface area contributed by atoms with Crippen LogP contribution in [0.2, 0.25) is 0 Å². The highest BCUT2D eigenvalue weighted by Gasteiger charge is 2.24. The normalized spacial score (nSPS) is 14.5. The predicted octanol–water partition coefficient (Wildman–Crippen LogP) is 3.52. The molecule has 1 unspecified atom stereocenters. The summed E-state index contributed by atoms with van der Waals surface area (Å²) >= 11 is 0. The first-order chi connectivity index (χ1) is 5.68. The third-order valence-corrected chi connectivity index (χ3v) is 3.03. The molecule has 78 valence electrons. The molecular weight excluding hydrogens is 158 g/mol. The largest absolute Gasteiger partial charge is 0.376 e. The second-order valence-corrected chi connectivity index (χ2v) is 5.28. The Morgan fingerprint density at radius 1 is 1.15 bits per heavy atom. The Bertz CT molecular complexity index is 174. The molecule has 0 radical (unpaired) electrons. The van der Waals surface area contributed by atoms with E-state index in [1.165, 1.54) is 5.70 Å². The van der Waals surface area contributed by atoms with Crippen molar-refractivity contribution < 1.29 is 0 Å². The van der Waals surface area contributed by atoms with Gasteiger partial charge in [0.1, 0.15) is 0 Å². The molecule has 0 spiro atoms. The standard InChI is InChI=1S/C12H25N/c1-9(2)13(8)11(4)10(3)12(5,6)7/h9-10H,4H2,1-3,5-8H3. The molecule has 1 heteroatoms. The highest BCUT2D eigenvalue weighted by Crippen LogP contribution is 2.32. The van der Waals surface area contributed by atoms with Gasteiger partial charge in [0.05, 0.1) is 0 Å². The molecule has 0 aromatic rings. The van der Waals surface area contributed by atoms with E-state index in [-0.39, 0.29) is 0 Å². The molecule has 0 heterocycles. The van der Waals surface area contributed by atoms with Gasteiger partial charge in [0.25, 0.3) is 0 Å². The van der Waals surface area contributed by atoms with Crippen molar-refractivity contribution in [1.29, 1.82) is 0 Å². The topological polar surface area (TPSA) is 3.24 Å². The number of hydrogen-bond donors (Lipinski definition) is 0. The van der Waals surface area contributed by atoms with Crippen molar-refractivity contribution in [3.63, 3.8) is 0 Å². The molecular formula is C12H25N. The van der Waals surface area contributed by atoms with Gasteiger partial charge in [0, 0.05) is 24.7 Å². The zero-order valence-electron chi connectivity index (χ0n) is 10.3. The Balaban J connectivity index is 4.44. The van der Waals surface area contributed by atoms with Crippen LogP contribution in [0.5, 0.6) is 0 Å². The number of nitrogens with zero attached hydrogens (tertiary/aromatic N) is 1. The summed E-state index contributed by atoms with van der Waals surface area (Å²) in [5.41, 5.74) is 1.54. The van der Waals surface area contributed by atoms with Crippen molar-refractivity contribution in [3.05, 3.63) is 12.3 Å². The number of hydrogen-bond acceptors (Lipinski definition) is 1. The van der Waals surface area contributed by atoms with E-state index >= 15 is 0 Å². The van der Waals surface area contributed by atoms with Gasteiger partial charge in [-0.05, 0) is 19.3 Å². The van der Waals surface area contributed by atoms with Gasteiger partial charge in [-0.3, -0.25) is 0 Å². The zero-order valence-corrected chi connectivity index (χ0v) is 10.3. The van der Waals surface area contributed by atoms with Crippen LogP contribution in [0.1, 0.15) is 41.5 Å². The highest BCUT2D eigenvalue weighted by molar-refractivity contribution is 5.02. The summed E-state index contributed by atoms with van der Waals surface area (Å²) in [5.74, 6) is 0.528. The molecule has 0 bridgehead atoms. The molecule has 0 saturated carbocycles. The van der Waals surface area contributed by atoms with Crippen LogP contribution in [0.15, 0.2) is 12.3 Å². The summed E-state index contributed by atoms with van der Waals surface area (Å²) < 4.78 is 0. The molecule has 0 amide bonds. The lowest BCUT2D eigenvalue weighted by atomic mass is 9.80. The maximum Gasteiger partial charge on any atom is 0.0227 e.